The molecule has 0 saturated carbocycles. The molecule has 3 rings (SSSR count). The summed E-state index contributed by atoms with van der Waals surface area (Å²) in [4.78, 5) is 16.4. The van der Waals surface area contributed by atoms with Crippen LogP contribution < -0.4 is 10.1 Å². The monoisotopic (exact) mass is 408 g/mol. The Hall–Kier alpha value is -1.60. The number of benzene rings is 1. The predicted molar refractivity (Wildman–Crippen MR) is 109 cm³/mol. The number of thiophene rings is 1. The van der Waals surface area contributed by atoms with Crippen LogP contribution in [-0.2, 0) is 9.53 Å². The number of hydrogen-bond donors (Lipinski definition) is 1. The molecule has 1 aromatic carbocycles. The van der Waals surface area contributed by atoms with Crippen molar-refractivity contribution in [1.82, 2.24) is 10.2 Å². The van der Waals surface area contributed by atoms with E-state index in [1.807, 2.05) is 6.07 Å². The molecule has 0 spiro atoms. The number of rotatable bonds is 7. The number of carbonyl (C=O) groups excluding carboxylic acids is 1. The molecule has 0 radical (unpaired) electrons. The number of amides is 1. The van der Waals surface area contributed by atoms with E-state index in [1.165, 1.54) is 4.88 Å². The molecule has 2 heterocycles. The fourth-order valence-electron chi connectivity index (χ4n) is 3.03. The Morgan fingerprint density at radius 3 is 2.63 bits per heavy atom. The van der Waals surface area contributed by atoms with Gasteiger partial charge >= 0.3 is 0 Å². The lowest BCUT2D eigenvalue weighted by molar-refractivity contribution is -0.134. The molecule has 1 N–H and O–H groups in total. The summed E-state index contributed by atoms with van der Waals surface area (Å²) in [7, 11) is 0. The van der Waals surface area contributed by atoms with Crippen molar-refractivity contribution < 1.29 is 14.3 Å². The van der Waals surface area contributed by atoms with Gasteiger partial charge in [-0.2, -0.15) is 0 Å². The maximum Gasteiger partial charge on any atom is 0.263 e. The van der Waals surface area contributed by atoms with Gasteiger partial charge in [-0.25, -0.2) is 0 Å². The molecule has 1 aliphatic rings. The number of morpholine rings is 1. The summed E-state index contributed by atoms with van der Waals surface area (Å²) in [5.74, 6) is 0.467. The average Bonchev–Trinajstić information content (AvgIpc) is 3.19. The SMILES string of the molecule is CC(C)(Oc1ccc(Cl)cc1)C(=O)NC[C@@H](c1cccs1)N1CCOCC1. The average molecular weight is 409 g/mol. The van der Waals surface area contributed by atoms with Crippen molar-refractivity contribution in [3.05, 3.63) is 51.7 Å². The Balaban J connectivity index is 1.63. The smallest absolute Gasteiger partial charge is 0.263 e. The lowest BCUT2D eigenvalue weighted by atomic mass is 10.1. The molecule has 1 aromatic heterocycles. The fraction of sp³-hybridized carbons (Fsp3) is 0.450. The van der Waals surface area contributed by atoms with Crippen LogP contribution in [0, 0.1) is 0 Å². The highest BCUT2D eigenvalue weighted by Gasteiger charge is 2.32. The van der Waals surface area contributed by atoms with E-state index in [0.717, 1.165) is 26.3 Å². The van der Waals surface area contributed by atoms with E-state index in [1.54, 1.807) is 49.4 Å². The lowest BCUT2D eigenvalue weighted by Crippen LogP contribution is -2.50. The molecule has 1 fully saturated rings. The second kappa shape index (κ2) is 9.06. The van der Waals surface area contributed by atoms with Gasteiger partial charge in [0.15, 0.2) is 5.60 Å². The van der Waals surface area contributed by atoms with Crippen LogP contribution in [0.5, 0.6) is 5.75 Å². The molecule has 0 unspecified atom stereocenters. The highest BCUT2D eigenvalue weighted by Crippen LogP contribution is 2.26. The normalized spacial score (nSPS) is 16.7. The van der Waals surface area contributed by atoms with E-state index in [4.69, 9.17) is 21.1 Å². The van der Waals surface area contributed by atoms with Crippen molar-refractivity contribution in [3.8, 4) is 5.75 Å². The third-order valence-electron chi connectivity index (χ3n) is 4.55. The topological polar surface area (TPSA) is 50.8 Å². The fourth-order valence-corrected chi connectivity index (χ4v) is 4.01. The van der Waals surface area contributed by atoms with Crippen molar-refractivity contribution in [1.29, 1.82) is 0 Å². The molecule has 5 nitrogen and oxygen atoms in total. The molecule has 1 amide bonds. The summed E-state index contributed by atoms with van der Waals surface area (Å²) in [5, 5.41) is 5.78. The molecule has 1 aliphatic heterocycles. The maximum absolute atomic E-state index is 12.8. The maximum atomic E-state index is 12.8. The van der Waals surface area contributed by atoms with E-state index in [-0.39, 0.29) is 11.9 Å². The van der Waals surface area contributed by atoms with Gasteiger partial charge in [0.25, 0.3) is 5.91 Å². The largest absolute Gasteiger partial charge is 0.478 e. The number of halogens is 1. The Labute approximate surface area is 169 Å². The molecule has 0 bridgehead atoms. The van der Waals surface area contributed by atoms with Crippen LogP contribution in [0.25, 0.3) is 0 Å². The first-order chi connectivity index (χ1) is 13.0. The molecule has 0 aliphatic carbocycles. The Kier molecular flexibility index (Phi) is 6.76. The molecule has 7 heteroatoms. The van der Waals surface area contributed by atoms with Gasteiger partial charge in [-0.1, -0.05) is 17.7 Å². The molecule has 146 valence electrons. The standard InChI is InChI=1S/C20H25ClN2O3S/c1-20(2,26-16-7-5-15(21)6-8-16)19(24)22-14-17(18-4-3-13-27-18)23-9-11-25-12-10-23/h3-8,13,17H,9-12,14H2,1-2H3,(H,22,24)/t17-/m0/s1. The van der Waals surface area contributed by atoms with Crippen molar-refractivity contribution in [2.75, 3.05) is 32.8 Å². The first-order valence-electron chi connectivity index (χ1n) is 9.04. The number of nitrogens with one attached hydrogen (secondary N) is 1. The zero-order valence-corrected chi connectivity index (χ0v) is 17.2. The van der Waals surface area contributed by atoms with Gasteiger partial charge in [-0.3, -0.25) is 9.69 Å². The zero-order chi connectivity index (χ0) is 19.3. The van der Waals surface area contributed by atoms with Crippen LogP contribution in [0.2, 0.25) is 5.02 Å². The second-order valence-corrected chi connectivity index (χ2v) is 8.37. The van der Waals surface area contributed by atoms with Crippen molar-refractivity contribution in [2.24, 2.45) is 0 Å². The van der Waals surface area contributed by atoms with Crippen molar-refractivity contribution in [3.63, 3.8) is 0 Å². The highest BCUT2D eigenvalue weighted by molar-refractivity contribution is 7.10. The lowest BCUT2D eigenvalue weighted by Gasteiger charge is -2.35. The first-order valence-corrected chi connectivity index (χ1v) is 10.3. The summed E-state index contributed by atoms with van der Waals surface area (Å²) in [5.41, 5.74) is -0.987. The van der Waals surface area contributed by atoms with Gasteiger partial charge in [0.2, 0.25) is 0 Å². The van der Waals surface area contributed by atoms with Crippen LogP contribution in [0.1, 0.15) is 24.8 Å². The van der Waals surface area contributed by atoms with E-state index in [0.29, 0.717) is 17.3 Å². The highest BCUT2D eigenvalue weighted by atomic mass is 35.5. The van der Waals surface area contributed by atoms with Gasteiger partial charge in [-0.15, -0.1) is 11.3 Å². The van der Waals surface area contributed by atoms with Gasteiger partial charge in [0.1, 0.15) is 5.75 Å². The third-order valence-corrected chi connectivity index (χ3v) is 5.77. The third kappa shape index (κ3) is 5.45. The molecule has 1 saturated heterocycles. The first kappa shape index (κ1) is 20.1. The molecular formula is C20H25ClN2O3S. The van der Waals surface area contributed by atoms with E-state index in [9.17, 15) is 4.79 Å². The van der Waals surface area contributed by atoms with Crippen LogP contribution in [-0.4, -0.2) is 49.3 Å². The molecule has 1 atom stereocenters. The van der Waals surface area contributed by atoms with Gasteiger partial charge in [0, 0.05) is 29.5 Å². The number of carbonyl (C=O) groups is 1. The number of hydrogen-bond acceptors (Lipinski definition) is 5. The summed E-state index contributed by atoms with van der Waals surface area (Å²) < 4.78 is 11.4. The van der Waals surface area contributed by atoms with E-state index < -0.39 is 5.60 Å². The van der Waals surface area contributed by atoms with Crippen LogP contribution >= 0.6 is 22.9 Å². The summed E-state index contributed by atoms with van der Waals surface area (Å²) in [6.45, 7) is 7.25. The van der Waals surface area contributed by atoms with Crippen molar-refractivity contribution in [2.45, 2.75) is 25.5 Å². The van der Waals surface area contributed by atoms with E-state index >= 15 is 0 Å². The molecular weight excluding hydrogens is 384 g/mol. The van der Waals surface area contributed by atoms with Gasteiger partial charge in [0.05, 0.1) is 19.3 Å². The summed E-state index contributed by atoms with van der Waals surface area (Å²) in [6.07, 6.45) is 0. The molecule has 2 aromatic rings. The Morgan fingerprint density at radius 2 is 2.00 bits per heavy atom. The minimum atomic E-state index is -0.987. The zero-order valence-electron chi connectivity index (χ0n) is 15.6. The Morgan fingerprint density at radius 1 is 1.30 bits per heavy atom. The van der Waals surface area contributed by atoms with Crippen LogP contribution in [0.3, 0.4) is 0 Å². The van der Waals surface area contributed by atoms with Crippen LogP contribution in [0.15, 0.2) is 41.8 Å². The number of nitrogens with zero attached hydrogens (tertiary/aromatic N) is 1. The quantitative estimate of drug-likeness (QED) is 0.758. The van der Waals surface area contributed by atoms with Gasteiger partial charge in [-0.05, 0) is 49.6 Å². The summed E-state index contributed by atoms with van der Waals surface area (Å²) >= 11 is 7.62. The second-order valence-electron chi connectivity index (χ2n) is 6.96. The molecule has 27 heavy (non-hydrogen) atoms. The van der Waals surface area contributed by atoms with Gasteiger partial charge < -0.3 is 14.8 Å². The summed E-state index contributed by atoms with van der Waals surface area (Å²) in [6, 6.07) is 11.3. The predicted octanol–water partition coefficient (Wildman–Crippen LogP) is 3.75. The number of ether oxygens (including phenoxy) is 2. The van der Waals surface area contributed by atoms with Crippen LogP contribution in [0.4, 0.5) is 0 Å². The minimum Gasteiger partial charge on any atom is -0.478 e. The van der Waals surface area contributed by atoms with Crippen molar-refractivity contribution >= 4 is 28.8 Å². The minimum absolute atomic E-state index is 0.143. The van der Waals surface area contributed by atoms with E-state index in [2.05, 4.69) is 21.7 Å². The Bertz CT molecular complexity index is 728.